The topological polar surface area (TPSA) is 56.5 Å². The fourth-order valence-electron chi connectivity index (χ4n) is 1.02. The molecule has 0 amide bonds. The van der Waals surface area contributed by atoms with E-state index >= 15 is 0 Å². The summed E-state index contributed by atoms with van der Waals surface area (Å²) in [4.78, 5) is 0. The van der Waals surface area contributed by atoms with Gasteiger partial charge in [0.05, 0.1) is 12.9 Å². The number of thiol groups is 1. The lowest BCUT2D eigenvalue weighted by Gasteiger charge is -1.81. The number of benzene rings is 1. The molecule has 0 bridgehead atoms. The molecule has 0 aliphatic rings. The van der Waals surface area contributed by atoms with E-state index in [2.05, 4.69) is 10.8 Å². The van der Waals surface area contributed by atoms with Gasteiger partial charge in [-0.25, -0.2) is 8.42 Å². The van der Waals surface area contributed by atoms with Crippen molar-refractivity contribution in [2.45, 2.75) is 0 Å². The van der Waals surface area contributed by atoms with Crippen LogP contribution in [0.3, 0.4) is 0 Å². The molecular weight excluding hydrogens is 228 g/mol. The van der Waals surface area contributed by atoms with Crippen molar-refractivity contribution in [1.82, 2.24) is 0 Å². The molecule has 1 aromatic heterocycles. The van der Waals surface area contributed by atoms with Gasteiger partial charge in [-0.2, -0.15) is 0 Å². The number of hydrogen-bond donors (Lipinski definition) is 1. The first kappa shape index (κ1) is 12.5. The Hall–Kier alpha value is -1.59. The SMILES string of the molecule is C=CCO[SH](=O)=O.c1ccc2occc2c1. The first-order valence-corrected chi connectivity index (χ1v) is 5.64. The van der Waals surface area contributed by atoms with Crippen molar-refractivity contribution in [2.75, 3.05) is 6.61 Å². The highest BCUT2D eigenvalue weighted by Gasteiger charge is 1.89. The van der Waals surface area contributed by atoms with Crippen molar-refractivity contribution in [3.63, 3.8) is 0 Å². The molecule has 16 heavy (non-hydrogen) atoms. The van der Waals surface area contributed by atoms with E-state index in [0.717, 1.165) is 11.0 Å². The molecule has 0 radical (unpaired) electrons. The van der Waals surface area contributed by atoms with E-state index in [1.165, 1.54) is 6.08 Å². The lowest BCUT2D eigenvalue weighted by Crippen LogP contribution is -1.85. The van der Waals surface area contributed by atoms with E-state index in [4.69, 9.17) is 4.42 Å². The third-order valence-electron chi connectivity index (χ3n) is 1.66. The van der Waals surface area contributed by atoms with E-state index in [-0.39, 0.29) is 6.61 Å². The zero-order valence-corrected chi connectivity index (χ0v) is 9.43. The van der Waals surface area contributed by atoms with Crippen molar-refractivity contribution >= 4 is 22.0 Å². The Bertz CT molecular complexity index is 475. The van der Waals surface area contributed by atoms with E-state index in [0.29, 0.717) is 0 Å². The minimum Gasteiger partial charge on any atom is -0.464 e. The van der Waals surface area contributed by atoms with Gasteiger partial charge in [0.25, 0.3) is 11.0 Å². The molecule has 0 saturated heterocycles. The first-order chi connectivity index (χ1) is 7.74. The van der Waals surface area contributed by atoms with Crippen LogP contribution in [-0.2, 0) is 15.2 Å². The number of hydrogen-bond acceptors (Lipinski definition) is 4. The number of furan rings is 1. The monoisotopic (exact) mass is 240 g/mol. The molecule has 1 aromatic carbocycles. The predicted octanol–water partition coefficient (Wildman–Crippen LogP) is 2.15. The third-order valence-corrected chi connectivity index (χ3v) is 2.02. The molecule has 86 valence electrons. The quantitative estimate of drug-likeness (QED) is 0.659. The van der Waals surface area contributed by atoms with Crippen LogP contribution in [0.1, 0.15) is 0 Å². The van der Waals surface area contributed by atoms with Crippen LogP contribution in [0.2, 0.25) is 0 Å². The predicted molar refractivity (Wildman–Crippen MR) is 62.7 cm³/mol. The fourth-order valence-corrected chi connectivity index (χ4v) is 1.25. The highest BCUT2D eigenvalue weighted by atomic mass is 32.2. The maximum absolute atomic E-state index is 9.53. The fraction of sp³-hybridized carbons (Fsp3) is 0.0909. The molecule has 0 saturated carbocycles. The molecule has 0 unspecified atom stereocenters. The molecule has 0 fully saturated rings. The van der Waals surface area contributed by atoms with Crippen molar-refractivity contribution in [3.8, 4) is 0 Å². The Morgan fingerprint density at radius 3 is 2.62 bits per heavy atom. The number of fused-ring (bicyclic) bond motifs is 1. The molecule has 4 nitrogen and oxygen atoms in total. The Morgan fingerprint density at radius 2 is 2.06 bits per heavy atom. The Morgan fingerprint density at radius 1 is 1.31 bits per heavy atom. The zero-order chi connectivity index (χ0) is 11.8. The average molecular weight is 240 g/mol. The van der Waals surface area contributed by atoms with E-state index in [9.17, 15) is 8.42 Å². The molecule has 0 aliphatic heterocycles. The first-order valence-electron chi connectivity index (χ1n) is 4.54. The molecule has 0 spiro atoms. The smallest absolute Gasteiger partial charge is 0.257 e. The van der Waals surface area contributed by atoms with Gasteiger partial charge in [-0.15, -0.1) is 6.58 Å². The number of para-hydroxylation sites is 1. The van der Waals surface area contributed by atoms with Gasteiger partial charge in [0, 0.05) is 5.39 Å². The van der Waals surface area contributed by atoms with Crippen LogP contribution in [0.4, 0.5) is 0 Å². The maximum Gasteiger partial charge on any atom is 0.257 e. The van der Waals surface area contributed by atoms with Gasteiger partial charge in [0.15, 0.2) is 0 Å². The van der Waals surface area contributed by atoms with Gasteiger partial charge in [-0.05, 0) is 12.1 Å². The van der Waals surface area contributed by atoms with Gasteiger partial charge in [0.2, 0.25) is 0 Å². The van der Waals surface area contributed by atoms with Crippen LogP contribution in [0.15, 0.2) is 53.7 Å². The highest BCUT2D eigenvalue weighted by molar-refractivity contribution is 7.67. The second-order valence-corrected chi connectivity index (χ2v) is 3.47. The maximum atomic E-state index is 9.53. The molecule has 0 aliphatic carbocycles. The van der Waals surface area contributed by atoms with Gasteiger partial charge in [-0.3, -0.25) is 4.18 Å². The van der Waals surface area contributed by atoms with E-state index in [1.807, 2.05) is 30.3 Å². The molecule has 2 rings (SSSR count). The van der Waals surface area contributed by atoms with Crippen molar-refractivity contribution in [3.05, 3.63) is 49.2 Å². The molecular formula is C11H12O4S. The summed E-state index contributed by atoms with van der Waals surface area (Å²) in [7, 11) is -2.68. The summed E-state index contributed by atoms with van der Waals surface area (Å²) in [5, 5.41) is 1.16. The molecule has 2 aromatic rings. The van der Waals surface area contributed by atoms with E-state index < -0.39 is 11.0 Å². The van der Waals surface area contributed by atoms with E-state index in [1.54, 1.807) is 6.26 Å². The minimum absolute atomic E-state index is 0.0682. The van der Waals surface area contributed by atoms with Gasteiger partial charge >= 0.3 is 0 Å². The lowest BCUT2D eigenvalue weighted by atomic mass is 10.3. The summed E-state index contributed by atoms with van der Waals surface area (Å²) in [6, 6.07) is 9.90. The normalized spacial score (nSPS) is 9.81. The minimum atomic E-state index is -2.68. The van der Waals surface area contributed by atoms with Crippen LogP contribution in [0, 0.1) is 0 Å². The van der Waals surface area contributed by atoms with Crippen LogP contribution < -0.4 is 0 Å². The summed E-state index contributed by atoms with van der Waals surface area (Å²) in [5.41, 5.74) is 0.956. The van der Waals surface area contributed by atoms with Crippen LogP contribution in [-0.4, -0.2) is 15.0 Å². The standard InChI is InChI=1S/C8H6O.C3H6O3S/c1-2-4-8-7(3-1)5-6-9-8;1-2-3-6-7(4)5/h1-6H;2,7H,1,3H2. The Labute approximate surface area is 95.3 Å². The van der Waals surface area contributed by atoms with Crippen molar-refractivity contribution < 1.29 is 17.0 Å². The Kier molecular flexibility index (Phi) is 5.31. The third kappa shape index (κ3) is 4.29. The summed E-state index contributed by atoms with van der Waals surface area (Å²) >= 11 is 0. The van der Waals surface area contributed by atoms with Crippen LogP contribution >= 0.6 is 0 Å². The van der Waals surface area contributed by atoms with Crippen molar-refractivity contribution in [2.24, 2.45) is 0 Å². The molecule has 0 atom stereocenters. The summed E-state index contributed by atoms with van der Waals surface area (Å²) < 4.78 is 28.2. The molecule has 0 N–H and O–H groups in total. The van der Waals surface area contributed by atoms with Gasteiger partial charge in [-0.1, -0.05) is 24.3 Å². The largest absolute Gasteiger partial charge is 0.464 e. The van der Waals surface area contributed by atoms with Gasteiger partial charge in [0.1, 0.15) is 5.58 Å². The zero-order valence-electron chi connectivity index (χ0n) is 8.54. The lowest BCUT2D eigenvalue weighted by molar-refractivity contribution is 0.375. The van der Waals surface area contributed by atoms with Crippen molar-refractivity contribution in [1.29, 1.82) is 0 Å². The highest BCUT2D eigenvalue weighted by Crippen LogP contribution is 2.12. The molecule has 1 heterocycles. The van der Waals surface area contributed by atoms with Crippen LogP contribution in [0.25, 0.3) is 11.0 Å². The number of rotatable bonds is 3. The summed E-state index contributed by atoms with van der Waals surface area (Å²) in [6.45, 7) is 3.31. The summed E-state index contributed by atoms with van der Waals surface area (Å²) in [6.07, 6.45) is 3.07. The Balaban J connectivity index is 0.000000168. The summed E-state index contributed by atoms with van der Waals surface area (Å²) in [5.74, 6) is 0. The van der Waals surface area contributed by atoms with Crippen LogP contribution in [0.5, 0.6) is 0 Å². The molecule has 5 heteroatoms. The van der Waals surface area contributed by atoms with Gasteiger partial charge < -0.3 is 4.42 Å². The second-order valence-electron chi connectivity index (χ2n) is 2.77. The average Bonchev–Trinajstić information content (AvgIpc) is 2.75. The second kappa shape index (κ2) is 6.81.